The lowest BCUT2D eigenvalue weighted by Crippen LogP contribution is -2.63. The van der Waals surface area contributed by atoms with Gasteiger partial charge in [-0.25, -0.2) is 0 Å². The van der Waals surface area contributed by atoms with Crippen LogP contribution in [0.5, 0.6) is 0 Å². The second kappa shape index (κ2) is 10.7. The van der Waals surface area contributed by atoms with Crippen LogP contribution >= 0.6 is 0 Å². The summed E-state index contributed by atoms with van der Waals surface area (Å²) in [7, 11) is 0. The average molecular weight is 659 g/mol. The van der Waals surface area contributed by atoms with Crippen LogP contribution in [-0.4, -0.2) is 59.5 Å². The summed E-state index contributed by atoms with van der Waals surface area (Å²) in [6.45, 7) is 21.1. The summed E-state index contributed by atoms with van der Waals surface area (Å²) >= 11 is 0. The van der Waals surface area contributed by atoms with Crippen molar-refractivity contribution in [2.45, 2.75) is 170 Å². The normalized spacial score (nSPS) is 47.8. The molecule has 1 heterocycles. The Morgan fingerprint density at radius 1 is 0.681 bits per heavy atom. The van der Waals surface area contributed by atoms with Crippen LogP contribution in [0.4, 0.5) is 0 Å². The molecule has 9 nitrogen and oxygen atoms in total. The Labute approximate surface area is 280 Å². The topological polar surface area (TPSA) is 114 Å². The zero-order valence-electron chi connectivity index (χ0n) is 30.6. The summed E-state index contributed by atoms with van der Waals surface area (Å²) in [5.74, 6) is -0.867. The van der Waals surface area contributed by atoms with Crippen molar-refractivity contribution in [2.75, 3.05) is 0 Å². The second-order valence-corrected chi connectivity index (χ2v) is 18.2. The quantitative estimate of drug-likeness (QED) is 0.227. The summed E-state index contributed by atoms with van der Waals surface area (Å²) in [5, 5.41) is 0. The highest BCUT2D eigenvalue weighted by Gasteiger charge is 2.85. The molecular weight excluding hydrogens is 600 g/mol. The molecule has 0 bridgehead atoms. The molecule has 0 radical (unpaired) electrons. The molecule has 6 fully saturated rings. The molecule has 0 aromatic heterocycles. The van der Waals surface area contributed by atoms with E-state index in [9.17, 15) is 19.2 Å². The van der Waals surface area contributed by atoms with E-state index < -0.39 is 11.2 Å². The van der Waals surface area contributed by atoms with Crippen LogP contribution in [0.3, 0.4) is 0 Å². The van der Waals surface area contributed by atoms with Crippen molar-refractivity contribution in [3.63, 3.8) is 0 Å². The van der Waals surface area contributed by atoms with Crippen LogP contribution < -0.4 is 0 Å². The van der Waals surface area contributed by atoms with Gasteiger partial charge in [0.1, 0.15) is 23.9 Å². The fourth-order valence-corrected chi connectivity index (χ4v) is 13.5. The first kappa shape index (κ1) is 34.7. The van der Waals surface area contributed by atoms with Gasteiger partial charge in [-0.2, -0.15) is 0 Å². The van der Waals surface area contributed by atoms with Crippen LogP contribution in [-0.2, 0) is 42.9 Å². The van der Waals surface area contributed by atoms with Gasteiger partial charge in [-0.1, -0.05) is 27.7 Å². The summed E-state index contributed by atoms with van der Waals surface area (Å²) in [6, 6.07) is 0. The van der Waals surface area contributed by atoms with Crippen molar-refractivity contribution < 1.29 is 42.9 Å². The molecule has 12 atom stereocenters. The standard InChI is InChI=1S/C38H58O9/c1-21(39)43-25-18-27-35(10)19-26(44-22(2)40)31(36(11)14-12-29(47-36)33(7,8)46-24(4)42)34(35,9)16-17-37(27)20-38(37)15-13-28(45-23(3)41)32(5,6)30(25)38/h25-31H,12-20H2,1-11H3/t25-,26-,27-,28-,29-,30?,31-,34+,35-,36+,37-,38+/m0/s1. The van der Waals surface area contributed by atoms with Crippen LogP contribution in [0.1, 0.15) is 134 Å². The molecular formula is C38H58O9. The highest BCUT2D eigenvalue weighted by molar-refractivity contribution is 5.67. The monoisotopic (exact) mass is 658 g/mol. The third-order valence-electron chi connectivity index (χ3n) is 15.0. The number of carbonyl (C=O) groups is 4. The van der Waals surface area contributed by atoms with Gasteiger partial charge in [-0.15, -0.1) is 0 Å². The molecule has 47 heavy (non-hydrogen) atoms. The predicted octanol–water partition coefficient (Wildman–Crippen LogP) is 6.72. The molecule has 1 aliphatic heterocycles. The van der Waals surface area contributed by atoms with Gasteiger partial charge in [-0.3, -0.25) is 19.2 Å². The number of fused-ring (bicyclic) bond motifs is 2. The highest BCUT2D eigenvalue weighted by Crippen LogP contribution is 2.89. The third kappa shape index (κ3) is 4.85. The van der Waals surface area contributed by atoms with Crippen LogP contribution in [0, 0.1) is 44.8 Å². The molecule has 9 heteroatoms. The molecule has 0 aromatic rings. The van der Waals surface area contributed by atoms with E-state index in [4.69, 9.17) is 23.7 Å². The Hall–Kier alpha value is -2.16. The van der Waals surface area contributed by atoms with Crippen molar-refractivity contribution in [1.29, 1.82) is 0 Å². The summed E-state index contributed by atoms with van der Waals surface area (Å²) in [4.78, 5) is 49.5. The average Bonchev–Trinajstić information content (AvgIpc) is 3.26. The van der Waals surface area contributed by atoms with Crippen molar-refractivity contribution in [3.05, 3.63) is 0 Å². The maximum Gasteiger partial charge on any atom is 0.303 e. The van der Waals surface area contributed by atoms with E-state index in [1.807, 2.05) is 13.8 Å². The number of hydrogen-bond donors (Lipinski definition) is 0. The Balaban J connectivity index is 1.39. The van der Waals surface area contributed by atoms with Crippen LogP contribution in [0.2, 0.25) is 0 Å². The van der Waals surface area contributed by atoms with Gasteiger partial charge >= 0.3 is 23.9 Å². The molecule has 6 aliphatic rings. The summed E-state index contributed by atoms with van der Waals surface area (Å²) < 4.78 is 31.2. The first-order chi connectivity index (χ1) is 21.6. The summed E-state index contributed by atoms with van der Waals surface area (Å²) in [6.07, 6.45) is 6.77. The molecule has 0 N–H and O–H groups in total. The molecule has 2 spiro atoms. The first-order valence-electron chi connectivity index (χ1n) is 18.0. The number of esters is 4. The third-order valence-corrected chi connectivity index (χ3v) is 15.0. The lowest BCUT2D eigenvalue weighted by atomic mass is 9.41. The Kier molecular flexibility index (Phi) is 7.88. The number of rotatable bonds is 6. The van der Waals surface area contributed by atoms with Crippen molar-refractivity contribution in [3.8, 4) is 0 Å². The maximum absolute atomic E-state index is 12.7. The Morgan fingerprint density at radius 2 is 1.30 bits per heavy atom. The van der Waals surface area contributed by atoms with Gasteiger partial charge in [0.05, 0.1) is 11.7 Å². The smallest absolute Gasteiger partial charge is 0.303 e. The van der Waals surface area contributed by atoms with Gasteiger partial charge in [0.2, 0.25) is 0 Å². The molecule has 264 valence electrons. The lowest BCUT2D eigenvalue weighted by Gasteiger charge is -2.64. The molecule has 0 aromatic carbocycles. The maximum atomic E-state index is 12.7. The van der Waals surface area contributed by atoms with Crippen molar-refractivity contribution in [2.24, 2.45) is 44.8 Å². The first-order valence-corrected chi connectivity index (χ1v) is 18.0. The van der Waals surface area contributed by atoms with Crippen LogP contribution in [0.15, 0.2) is 0 Å². The van der Waals surface area contributed by atoms with Crippen molar-refractivity contribution in [1.82, 2.24) is 0 Å². The molecule has 6 rings (SSSR count). The minimum Gasteiger partial charge on any atom is -0.462 e. The van der Waals surface area contributed by atoms with Gasteiger partial charge in [0.15, 0.2) is 0 Å². The minimum atomic E-state index is -0.784. The predicted molar refractivity (Wildman–Crippen MR) is 173 cm³/mol. The lowest BCUT2D eigenvalue weighted by molar-refractivity contribution is -0.225. The summed E-state index contributed by atoms with van der Waals surface area (Å²) in [5.41, 5.74) is -2.06. The Bertz CT molecular complexity index is 1350. The SMILES string of the molecule is CC(=O)O[C@H]1C[C@@H]2[C@]3(CC[C@]4(C)[C@@H]([C@@]5(C)CC[C@@H](C(C)(C)OC(C)=O)O5)[C@@H](OC(C)=O)C[C@@]24C)C[C@@]32CC[C@H](OC(C)=O)C(C)(C)C12. The number of ether oxygens (including phenoxy) is 5. The molecule has 1 unspecified atom stereocenters. The minimum absolute atomic E-state index is 0.00243. The molecule has 5 saturated carbocycles. The van der Waals surface area contributed by atoms with E-state index >= 15 is 0 Å². The largest absolute Gasteiger partial charge is 0.462 e. The van der Waals surface area contributed by atoms with Gasteiger partial charge in [0.25, 0.3) is 0 Å². The second-order valence-electron chi connectivity index (χ2n) is 18.2. The van der Waals surface area contributed by atoms with Crippen molar-refractivity contribution >= 4 is 23.9 Å². The number of hydrogen-bond acceptors (Lipinski definition) is 9. The fraction of sp³-hybridized carbons (Fsp3) is 0.895. The zero-order chi connectivity index (χ0) is 34.8. The van der Waals surface area contributed by atoms with E-state index in [2.05, 4.69) is 34.6 Å². The number of carbonyl (C=O) groups excluding carboxylic acids is 4. The highest BCUT2D eigenvalue weighted by atomic mass is 16.6. The fourth-order valence-electron chi connectivity index (χ4n) is 13.5. The van der Waals surface area contributed by atoms with Crippen LogP contribution in [0.25, 0.3) is 0 Å². The van der Waals surface area contributed by atoms with E-state index in [-0.39, 0.29) is 93.1 Å². The van der Waals surface area contributed by atoms with E-state index in [1.165, 1.54) is 27.7 Å². The van der Waals surface area contributed by atoms with Gasteiger partial charge < -0.3 is 23.7 Å². The zero-order valence-corrected chi connectivity index (χ0v) is 30.6. The molecule has 5 aliphatic carbocycles. The van der Waals surface area contributed by atoms with E-state index in [1.54, 1.807) is 0 Å². The Morgan fingerprint density at radius 3 is 1.89 bits per heavy atom. The molecule has 1 saturated heterocycles. The van der Waals surface area contributed by atoms with E-state index in [0.717, 1.165) is 57.8 Å². The van der Waals surface area contributed by atoms with Gasteiger partial charge in [0, 0.05) is 44.9 Å². The molecule has 0 amide bonds. The van der Waals surface area contributed by atoms with Gasteiger partial charge in [-0.05, 0) is 106 Å². The van der Waals surface area contributed by atoms with E-state index in [0.29, 0.717) is 0 Å².